The Hall–Kier alpha value is -2.63. The fourth-order valence-corrected chi connectivity index (χ4v) is 1.77. The number of nitrogens with zero attached hydrogens (tertiary/aromatic N) is 4. The van der Waals surface area contributed by atoms with Crippen molar-refractivity contribution in [3.8, 4) is 0 Å². The first-order valence-electron chi connectivity index (χ1n) is 5.53. The SMILES string of the molecule is Cc1ccccc1Nc1nccn2c(N)nnc12. The lowest BCUT2D eigenvalue weighted by Crippen LogP contribution is -2.00. The quantitative estimate of drug-likeness (QED) is 0.713. The van der Waals surface area contributed by atoms with Gasteiger partial charge in [0.25, 0.3) is 0 Å². The standard InChI is InChI=1S/C12H12N6/c1-8-4-2-3-5-9(8)15-10-11-16-17-12(13)18(11)7-6-14-10/h2-7H,1H3,(H2,13,17)(H,14,15). The van der Waals surface area contributed by atoms with Gasteiger partial charge in [0, 0.05) is 18.1 Å². The second-order valence-corrected chi connectivity index (χ2v) is 3.97. The second-order valence-electron chi connectivity index (χ2n) is 3.97. The molecule has 0 amide bonds. The van der Waals surface area contributed by atoms with E-state index in [1.807, 2.05) is 31.2 Å². The summed E-state index contributed by atoms with van der Waals surface area (Å²) in [5, 5.41) is 11.1. The summed E-state index contributed by atoms with van der Waals surface area (Å²) in [6, 6.07) is 7.97. The Labute approximate surface area is 103 Å². The fourth-order valence-electron chi connectivity index (χ4n) is 1.77. The van der Waals surface area contributed by atoms with E-state index in [0.717, 1.165) is 11.3 Å². The summed E-state index contributed by atoms with van der Waals surface area (Å²) < 4.78 is 1.69. The highest BCUT2D eigenvalue weighted by molar-refractivity contribution is 5.71. The van der Waals surface area contributed by atoms with Crippen LogP contribution in [0.15, 0.2) is 36.7 Å². The molecule has 0 bridgehead atoms. The molecule has 0 saturated carbocycles. The smallest absolute Gasteiger partial charge is 0.226 e. The maximum Gasteiger partial charge on any atom is 0.226 e. The van der Waals surface area contributed by atoms with Crippen molar-refractivity contribution in [1.29, 1.82) is 0 Å². The van der Waals surface area contributed by atoms with Crippen molar-refractivity contribution < 1.29 is 0 Å². The molecule has 3 N–H and O–H groups in total. The molecule has 1 aromatic carbocycles. The van der Waals surface area contributed by atoms with Crippen molar-refractivity contribution in [3.63, 3.8) is 0 Å². The van der Waals surface area contributed by atoms with E-state index in [-0.39, 0.29) is 0 Å². The number of fused-ring (bicyclic) bond motifs is 1. The monoisotopic (exact) mass is 240 g/mol. The van der Waals surface area contributed by atoms with E-state index < -0.39 is 0 Å². The third-order valence-electron chi connectivity index (χ3n) is 2.75. The molecule has 6 heteroatoms. The number of benzene rings is 1. The maximum atomic E-state index is 5.70. The van der Waals surface area contributed by atoms with Crippen LogP contribution < -0.4 is 11.1 Å². The normalized spacial score (nSPS) is 10.7. The van der Waals surface area contributed by atoms with Crippen LogP contribution in [0.4, 0.5) is 17.5 Å². The van der Waals surface area contributed by atoms with Gasteiger partial charge in [0.2, 0.25) is 11.6 Å². The molecule has 3 aromatic rings. The highest BCUT2D eigenvalue weighted by Gasteiger charge is 2.08. The second kappa shape index (κ2) is 3.99. The van der Waals surface area contributed by atoms with Gasteiger partial charge in [-0.15, -0.1) is 10.2 Å². The molecule has 2 aromatic heterocycles. The van der Waals surface area contributed by atoms with Crippen LogP contribution in [0.1, 0.15) is 5.56 Å². The van der Waals surface area contributed by atoms with E-state index in [1.54, 1.807) is 16.8 Å². The van der Waals surface area contributed by atoms with Crippen molar-refractivity contribution >= 4 is 23.1 Å². The number of rotatable bonds is 2. The van der Waals surface area contributed by atoms with Gasteiger partial charge >= 0.3 is 0 Å². The minimum atomic E-state index is 0.347. The summed E-state index contributed by atoms with van der Waals surface area (Å²) in [5.74, 6) is 0.983. The number of nitrogens with one attached hydrogen (secondary N) is 1. The van der Waals surface area contributed by atoms with E-state index in [2.05, 4.69) is 20.5 Å². The van der Waals surface area contributed by atoms with Gasteiger partial charge in [0.1, 0.15) is 0 Å². The van der Waals surface area contributed by atoms with Crippen LogP contribution in [0, 0.1) is 6.92 Å². The molecule has 0 spiro atoms. The third kappa shape index (κ3) is 1.64. The number of aryl methyl sites for hydroxylation is 1. The number of hydrogen-bond acceptors (Lipinski definition) is 5. The molecule has 6 nitrogen and oxygen atoms in total. The molecule has 0 saturated heterocycles. The van der Waals surface area contributed by atoms with Crippen molar-refractivity contribution in [2.24, 2.45) is 0 Å². The minimum Gasteiger partial charge on any atom is -0.368 e. The highest BCUT2D eigenvalue weighted by atomic mass is 15.3. The Morgan fingerprint density at radius 3 is 2.89 bits per heavy atom. The van der Waals surface area contributed by atoms with Crippen LogP contribution in [0.25, 0.3) is 5.65 Å². The van der Waals surface area contributed by atoms with Gasteiger partial charge in [-0.2, -0.15) is 0 Å². The van der Waals surface area contributed by atoms with E-state index in [1.165, 1.54) is 0 Å². The largest absolute Gasteiger partial charge is 0.368 e. The molecule has 0 atom stereocenters. The number of para-hydroxylation sites is 1. The lowest BCUT2D eigenvalue weighted by molar-refractivity contribution is 1.12. The van der Waals surface area contributed by atoms with Crippen LogP contribution in [0.5, 0.6) is 0 Å². The molecular weight excluding hydrogens is 228 g/mol. The maximum absolute atomic E-state index is 5.70. The van der Waals surface area contributed by atoms with E-state index >= 15 is 0 Å². The summed E-state index contributed by atoms with van der Waals surface area (Å²) in [4.78, 5) is 4.27. The van der Waals surface area contributed by atoms with Crippen molar-refractivity contribution in [3.05, 3.63) is 42.2 Å². The van der Waals surface area contributed by atoms with Crippen LogP contribution in [-0.2, 0) is 0 Å². The Morgan fingerprint density at radius 2 is 2.06 bits per heavy atom. The zero-order valence-electron chi connectivity index (χ0n) is 9.83. The van der Waals surface area contributed by atoms with Gasteiger partial charge in [0.05, 0.1) is 0 Å². The predicted molar refractivity (Wildman–Crippen MR) is 69.7 cm³/mol. The van der Waals surface area contributed by atoms with E-state index in [9.17, 15) is 0 Å². The van der Waals surface area contributed by atoms with Gasteiger partial charge in [-0.25, -0.2) is 4.98 Å². The van der Waals surface area contributed by atoms with Gasteiger partial charge < -0.3 is 11.1 Å². The first-order valence-corrected chi connectivity index (χ1v) is 5.53. The number of nitrogen functional groups attached to an aromatic ring is 1. The highest BCUT2D eigenvalue weighted by Crippen LogP contribution is 2.21. The molecule has 90 valence electrons. The molecule has 0 aliphatic heterocycles. The van der Waals surface area contributed by atoms with Crippen molar-refractivity contribution in [2.75, 3.05) is 11.1 Å². The number of anilines is 3. The van der Waals surface area contributed by atoms with E-state index in [0.29, 0.717) is 17.4 Å². The fraction of sp³-hybridized carbons (Fsp3) is 0.0833. The Kier molecular flexibility index (Phi) is 2.33. The lowest BCUT2D eigenvalue weighted by Gasteiger charge is -2.08. The molecule has 0 aliphatic carbocycles. The summed E-state index contributed by atoms with van der Waals surface area (Å²) in [5.41, 5.74) is 8.43. The summed E-state index contributed by atoms with van der Waals surface area (Å²) in [6.07, 6.45) is 3.39. The predicted octanol–water partition coefficient (Wildman–Crippen LogP) is 1.76. The van der Waals surface area contributed by atoms with Gasteiger partial charge in [-0.3, -0.25) is 4.40 Å². The average Bonchev–Trinajstić information content (AvgIpc) is 2.76. The van der Waals surface area contributed by atoms with Crippen LogP contribution >= 0.6 is 0 Å². The number of aromatic nitrogens is 4. The summed E-state index contributed by atoms with van der Waals surface area (Å²) >= 11 is 0. The Bertz CT molecular complexity index is 703. The number of hydrogen-bond donors (Lipinski definition) is 2. The third-order valence-corrected chi connectivity index (χ3v) is 2.75. The van der Waals surface area contributed by atoms with Crippen LogP contribution in [-0.4, -0.2) is 19.6 Å². The molecule has 2 heterocycles. The van der Waals surface area contributed by atoms with Crippen LogP contribution in [0.3, 0.4) is 0 Å². The Balaban J connectivity index is 2.08. The van der Waals surface area contributed by atoms with Crippen LogP contribution in [0.2, 0.25) is 0 Å². The Morgan fingerprint density at radius 1 is 1.22 bits per heavy atom. The molecule has 0 unspecified atom stereocenters. The molecule has 3 rings (SSSR count). The summed E-state index contributed by atoms with van der Waals surface area (Å²) in [6.45, 7) is 2.03. The zero-order valence-corrected chi connectivity index (χ0v) is 9.83. The van der Waals surface area contributed by atoms with Gasteiger partial charge in [-0.05, 0) is 18.6 Å². The molecule has 0 aliphatic rings. The van der Waals surface area contributed by atoms with Gasteiger partial charge in [0.15, 0.2) is 5.82 Å². The minimum absolute atomic E-state index is 0.347. The van der Waals surface area contributed by atoms with E-state index in [4.69, 9.17) is 5.73 Å². The molecule has 0 radical (unpaired) electrons. The molecular formula is C12H12N6. The van der Waals surface area contributed by atoms with Crippen molar-refractivity contribution in [1.82, 2.24) is 19.6 Å². The molecule has 18 heavy (non-hydrogen) atoms. The first-order chi connectivity index (χ1) is 8.75. The topological polar surface area (TPSA) is 81.1 Å². The first kappa shape index (κ1) is 10.5. The zero-order chi connectivity index (χ0) is 12.5. The van der Waals surface area contributed by atoms with Gasteiger partial charge in [-0.1, -0.05) is 18.2 Å². The molecule has 0 fully saturated rings. The van der Waals surface area contributed by atoms with Crippen molar-refractivity contribution in [2.45, 2.75) is 6.92 Å². The summed E-state index contributed by atoms with van der Waals surface area (Å²) in [7, 11) is 0. The lowest BCUT2D eigenvalue weighted by atomic mass is 10.2. The average molecular weight is 240 g/mol. The number of nitrogens with two attached hydrogens (primary N) is 1.